The molecule has 1 aliphatic heterocycles. The van der Waals surface area contributed by atoms with Crippen LogP contribution in [0.25, 0.3) is 10.9 Å². The van der Waals surface area contributed by atoms with E-state index in [1.165, 1.54) is 16.7 Å². The van der Waals surface area contributed by atoms with Gasteiger partial charge in [0.1, 0.15) is 0 Å². The predicted octanol–water partition coefficient (Wildman–Crippen LogP) is 1.73. The molecule has 8 nitrogen and oxygen atoms in total. The molecule has 1 aromatic carbocycles. The first kappa shape index (κ1) is 19.7. The quantitative estimate of drug-likeness (QED) is 0.308. The second-order valence-electron chi connectivity index (χ2n) is 5.91. The number of imide groups is 1. The van der Waals surface area contributed by atoms with Crippen molar-refractivity contribution < 1.29 is 14.3 Å². The summed E-state index contributed by atoms with van der Waals surface area (Å²) in [6.45, 7) is 1.15. The van der Waals surface area contributed by atoms with Gasteiger partial charge in [0.05, 0.1) is 30.6 Å². The van der Waals surface area contributed by atoms with E-state index in [1.807, 2.05) is 0 Å². The topological polar surface area (TPSA) is 93.5 Å². The summed E-state index contributed by atoms with van der Waals surface area (Å²) in [5.74, 6) is 0.378. The van der Waals surface area contributed by atoms with E-state index < -0.39 is 0 Å². The molecule has 0 bridgehead atoms. The van der Waals surface area contributed by atoms with Crippen LogP contribution in [0.15, 0.2) is 28.2 Å². The summed E-state index contributed by atoms with van der Waals surface area (Å²) in [4.78, 5) is 41.7. The number of hydrogen-bond acceptors (Lipinski definition) is 6. The number of rotatable bonds is 8. The van der Waals surface area contributed by atoms with Gasteiger partial charge < -0.3 is 10.1 Å². The number of methoxy groups -OCH3 is 1. The van der Waals surface area contributed by atoms with E-state index in [4.69, 9.17) is 16.3 Å². The molecule has 0 radical (unpaired) electrons. The highest BCUT2D eigenvalue weighted by Gasteiger charge is 2.27. The van der Waals surface area contributed by atoms with Crippen LogP contribution in [0.5, 0.6) is 0 Å². The van der Waals surface area contributed by atoms with E-state index in [9.17, 15) is 14.4 Å². The second-order valence-corrected chi connectivity index (χ2v) is 7.41. The standard InChI is InChI=1S/C17H19ClN4O4S/c1-26-7-6-22-15(24)12-4-3-11(18)9-13(12)20-17(22)27-8-2-5-21-14(23)10-19-16(21)25/h3-4,9H,2,5-8,10H2,1H3,(H,19,25). The number of carbonyl (C=O) groups is 2. The van der Waals surface area contributed by atoms with Crippen LogP contribution in [0.4, 0.5) is 4.79 Å². The fourth-order valence-corrected chi connectivity index (χ4v) is 3.85. The number of halogens is 1. The number of thioether (sulfide) groups is 1. The van der Waals surface area contributed by atoms with Crippen molar-refractivity contribution in [2.45, 2.75) is 18.1 Å². The molecule has 0 aliphatic carbocycles. The van der Waals surface area contributed by atoms with Gasteiger partial charge in [-0.15, -0.1) is 0 Å². The number of fused-ring (bicyclic) bond motifs is 1. The van der Waals surface area contributed by atoms with Gasteiger partial charge in [0.2, 0.25) is 5.91 Å². The van der Waals surface area contributed by atoms with E-state index in [0.29, 0.717) is 53.0 Å². The van der Waals surface area contributed by atoms with Gasteiger partial charge in [0, 0.05) is 24.4 Å². The lowest BCUT2D eigenvalue weighted by Gasteiger charge is -2.14. The average Bonchev–Trinajstić information content (AvgIpc) is 2.96. The van der Waals surface area contributed by atoms with E-state index in [0.717, 1.165) is 0 Å². The van der Waals surface area contributed by atoms with Crippen LogP contribution in [0.1, 0.15) is 6.42 Å². The molecular weight excluding hydrogens is 392 g/mol. The molecule has 1 aliphatic rings. The van der Waals surface area contributed by atoms with Crippen LogP contribution in [0, 0.1) is 0 Å². The third-order valence-corrected chi connectivity index (χ3v) is 5.39. The van der Waals surface area contributed by atoms with Crippen molar-refractivity contribution in [2.24, 2.45) is 0 Å². The van der Waals surface area contributed by atoms with Gasteiger partial charge in [-0.1, -0.05) is 23.4 Å². The van der Waals surface area contributed by atoms with Gasteiger partial charge in [-0.25, -0.2) is 9.78 Å². The van der Waals surface area contributed by atoms with E-state index in [2.05, 4.69) is 10.3 Å². The largest absolute Gasteiger partial charge is 0.383 e. The summed E-state index contributed by atoms with van der Waals surface area (Å²) in [5, 5.41) is 4.06. The summed E-state index contributed by atoms with van der Waals surface area (Å²) in [7, 11) is 1.57. The molecule has 0 atom stereocenters. The number of ether oxygens (including phenoxy) is 1. The molecular formula is C17H19ClN4O4S. The van der Waals surface area contributed by atoms with E-state index in [-0.39, 0.29) is 24.0 Å². The number of benzene rings is 1. The lowest BCUT2D eigenvalue weighted by molar-refractivity contribution is -0.124. The molecule has 2 heterocycles. The molecule has 1 saturated heterocycles. The molecule has 3 rings (SSSR count). The zero-order valence-corrected chi connectivity index (χ0v) is 16.3. The first-order valence-corrected chi connectivity index (χ1v) is 9.77. The molecule has 0 unspecified atom stereocenters. The Bertz CT molecular complexity index is 917. The second kappa shape index (κ2) is 8.73. The Labute approximate surface area is 164 Å². The van der Waals surface area contributed by atoms with Crippen LogP contribution in [0.2, 0.25) is 5.02 Å². The van der Waals surface area contributed by atoms with E-state index >= 15 is 0 Å². The van der Waals surface area contributed by atoms with Crippen LogP contribution in [0.3, 0.4) is 0 Å². The molecule has 10 heteroatoms. The molecule has 1 N–H and O–H groups in total. The molecule has 0 saturated carbocycles. The van der Waals surface area contributed by atoms with Crippen molar-refractivity contribution in [2.75, 3.05) is 32.6 Å². The van der Waals surface area contributed by atoms with Gasteiger partial charge in [-0.05, 0) is 24.6 Å². The Morgan fingerprint density at radius 2 is 2.11 bits per heavy atom. The van der Waals surface area contributed by atoms with Crippen molar-refractivity contribution in [3.05, 3.63) is 33.6 Å². The molecule has 0 spiro atoms. The maximum atomic E-state index is 12.8. The lowest BCUT2D eigenvalue weighted by Crippen LogP contribution is -2.32. The predicted molar refractivity (Wildman–Crippen MR) is 103 cm³/mol. The number of urea groups is 1. The first-order valence-electron chi connectivity index (χ1n) is 8.41. The van der Waals surface area contributed by atoms with Crippen LogP contribution in [-0.2, 0) is 16.1 Å². The van der Waals surface area contributed by atoms with Gasteiger partial charge in [0.25, 0.3) is 5.56 Å². The monoisotopic (exact) mass is 410 g/mol. The van der Waals surface area contributed by atoms with Crippen molar-refractivity contribution in [3.8, 4) is 0 Å². The molecule has 2 aromatic rings. The summed E-state index contributed by atoms with van der Waals surface area (Å²) >= 11 is 7.42. The average molecular weight is 411 g/mol. The summed E-state index contributed by atoms with van der Waals surface area (Å²) < 4.78 is 6.68. The van der Waals surface area contributed by atoms with Gasteiger partial charge in [0.15, 0.2) is 5.16 Å². The highest BCUT2D eigenvalue weighted by molar-refractivity contribution is 7.99. The molecule has 1 fully saturated rings. The normalized spacial score (nSPS) is 14.2. The number of nitrogens with zero attached hydrogens (tertiary/aromatic N) is 3. The first-order chi connectivity index (χ1) is 13.0. The fraction of sp³-hybridized carbons (Fsp3) is 0.412. The van der Waals surface area contributed by atoms with Crippen LogP contribution in [-0.4, -0.2) is 58.9 Å². The van der Waals surface area contributed by atoms with Gasteiger partial charge in [-0.3, -0.25) is 19.1 Å². The molecule has 1 aromatic heterocycles. The lowest BCUT2D eigenvalue weighted by atomic mass is 10.2. The van der Waals surface area contributed by atoms with Crippen molar-refractivity contribution in [3.63, 3.8) is 0 Å². The third-order valence-electron chi connectivity index (χ3n) is 4.10. The smallest absolute Gasteiger partial charge is 0.324 e. The molecule has 144 valence electrons. The number of aromatic nitrogens is 2. The van der Waals surface area contributed by atoms with Gasteiger partial charge >= 0.3 is 6.03 Å². The number of nitrogens with one attached hydrogen (secondary N) is 1. The summed E-state index contributed by atoms with van der Waals surface area (Å²) in [6, 6.07) is 4.64. The summed E-state index contributed by atoms with van der Waals surface area (Å²) in [5.41, 5.74) is 0.392. The SMILES string of the molecule is COCCn1c(SCCCN2C(=O)CNC2=O)nc2cc(Cl)ccc2c1=O. The minimum absolute atomic E-state index is 0.0511. The summed E-state index contributed by atoms with van der Waals surface area (Å²) in [6.07, 6.45) is 0.595. The Kier molecular flexibility index (Phi) is 6.35. The number of carbonyl (C=O) groups excluding carboxylic acids is 2. The van der Waals surface area contributed by atoms with Crippen molar-refractivity contribution >= 4 is 46.2 Å². The highest BCUT2D eigenvalue weighted by atomic mass is 35.5. The maximum absolute atomic E-state index is 12.8. The van der Waals surface area contributed by atoms with E-state index in [1.54, 1.807) is 29.9 Å². The van der Waals surface area contributed by atoms with Crippen LogP contribution < -0.4 is 10.9 Å². The third kappa shape index (κ3) is 4.42. The fourth-order valence-electron chi connectivity index (χ4n) is 2.73. The van der Waals surface area contributed by atoms with Crippen molar-refractivity contribution in [1.82, 2.24) is 19.8 Å². The van der Waals surface area contributed by atoms with Crippen molar-refractivity contribution in [1.29, 1.82) is 0 Å². The Morgan fingerprint density at radius 3 is 2.81 bits per heavy atom. The number of amides is 3. The Balaban J connectivity index is 1.76. The Morgan fingerprint density at radius 1 is 1.30 bits per heavy atom. The minimum Gasteiger partial charge on any atom is -0.383 e. The minimum atomic E-state index is -0.361. The molecule has 27 heavy (non-hydrogen) atoms. The zero-order chi connectivity index (χ0) is 19.4. The maximum Gasteiger partial charge on any atom is 0.324 e. The number of hydrogen-bond donors (Lipinski definition) is 1. The molecule has 3 amide bonds. The highest BCUT2D eigenvalue weighted by Crippen LogP contribution is 2.21. The zero-order valence-electron chi connectivity index (χ0n) is 14.7. The van der Waals surface area contributed by atoms with Crippen LogP contribution >= 0.6 is 23.4 Å². The Hall–Kier alpha value is -2.10. The van der Waals surface area contributed by atoms with Gasteiger partial charge in [-0.2, -0.15) is 0 Å².